The van der Waals surface area contributed by atoms with Gasteiger partial charge in [0, 0.05) is 6.42 Å². The Kier molecular flexibility index (Phi) is 29.1. The van der Waals surface area contributed by atoms with Crippen molar-refractivity contribution in [2.24, 2.45) is 0 Å². The highest BCUT2D eigenvalue weighted by Gasteiger charge is 2.02. The van der Waals surface area contributed by atoms with Crippen LogP contribution in [0.5, 0.6) is 0 Å². The van der Waals surface area contributed by atoms with Gasteiger partial charge in [-0.25, -0.2) is 0 Å². The minimum Gasteiger partial charge on any atom is -0.466 e. The predicted molar refractivity (Wildman–Crippen MR) is 151 cm³/mol. The molecule has 34 heavy (non-hydrogen) atoms. The van der Waals surface area contributed by atoms with Crippen molar-refractivity contribution < 1.29 is 9.53 Å². The third-order valence-electron chi connectivity index (χ3n) is 6.59. The van der Waals surface area contributed by atoms with Crippen LogP contribution in [0.4, 0.5) is 0 Å². The fourth-order valence-corrected chi connectivity index (χ4v) is 4.28. The molecule has 2 nitrogen and oxygen atoms in total. The number of hydrogen-bond acceptors (Lipinski definition) is 2. The van der Waals surface area contributed by atoms with Crippen LogP contribution in [0.2, 0.25) is 0 Å². The van der Waals surface area contributed by atoms with E-state index in [2.05, 4.69) is 38.2 Å². The van der Waals surface area contributed by atoms with Crippen LogP contribution in [-0.2, 0) is 9.53 Å². The minimum atomic E-state index is 0.0125. The summed E-state index contributed by atoms with van der Waals surface area (Å²) in [6.45, 7) is 5.14. The number of rotatable bonds is 27. The molecule has 0 fully saturated rings. The maximum Gasteiger partial charge on any atom is 0.305 e. The summed E-state index contributed by atoms with van der Waals surface area (Å²) < 4.78 is 5.40. The molecule has 0 atom stereocenters. The Bertz CT molecular complexity index is 452. The average Bonchev–Trinajstić information content (AvgIpc) is 2.84. The molecule has 2 heteroatoms. The summed E-state index contributed by atoms with van der Waals surface area (Å²) in [5.74, 6) is 0.0125. The topological polar surface area (TPSA) is 26.3 Å². The van der Waals surface area contributed by atoms with Crippen LogP contribution in [0.15, 0.2) is 24.3 Å². The van der Waals surface area contributed by atoms with E-state index in [0.29, 0.717) is 13.0 Å². The van der Waals surface area contributed by atoms with Crippen molar-refractivity contribution in [1.82, 2.24) is 0 Å². The summed E-state index contributed by atoms with van der Waals surface area (Å²) in [5.41, 5.74) is 0. The van der Waals surface area contributed by atoms with Crippen LogP contribution in [0, 0.1) is 0 Å². The van der Waals surface area contributed by atoms with Gasteiger partial charge in [0.25, 0.3) is 0 Å². The second-order valence-corrected chi connectivity index (χ2v) is 10.1. The van der Waals surface area contributed by atoms with Crippen molar-refractivity contribution >= 4 is 5.97 Å². The molecule has 0 aromatic heterocycles. The first-order chi connectivity index (χ1) is 16.8. The Balaban J connectivity index is 3.23. The molecule has 0 amide bonds. The first-order valence-electron chi connectivity index (χ1n) is 15.3. The van der Waals surface area contributed by atoms with Crippen LogP contribution in [0.3, 0.4) is 0 Å². The maximum atomic E-state index is 11.8. The summed E-state index contributed by atoms with van der Waals surface area (Å²) >= 11 is 0. The smallest absolute Gasteiger partial charge is 0.305 e. The largest absolute Gasteiger partial charge is 0.466 e. The first-order valence-corrected chi connectivity index (χ1v) is 15.3. The van der Waals surface area contributed by atoms with E-state index in [1.54, 1.807) is 0 Å². The fourth-order valence-electron chi connectivity index (χ4n) is 4.28. The fraction of sp³-hybridized carbons (Fsp3) is 0.844. The lowest BCUT2D eigenvalue weighted by molar-refractivity contribution is -0.143. The molecule has 0 bridgehead atoms. The molecule has 0 spiro atoms. The standard InChI is InChI=1S/C32H60O2/c1-3-5-7-9-11-13-15-16-17-18-19-21-23-25-27-29-31-34-32(33)30-28-26-24-22-20-14-12-10-8-6-4-2/h11,13,16-17H,3-10,12,14-15,18-31H2,1-2H3/b13-11-,17-16-. The molecule has 0 saturated heterocycles. The van der Waals surface area contributed by atoms with Crippen molar-refractivity contribution in [3.8, 4) is 0 Å². The minimum absolute atomic E-state index is 0.0125. The van der Waals surface area contributed by atoms with Crippen molar-refractivity contribution in [1.29, 1.82) is 0 Å². The number of carbonyl (C=O) groups is 1. The lowest BCUT2D eigenvalue weighted by Crippen LogP contribution is -2.05. The zero-order valence-electron chi connectivity index (χ0n) is 23.3. The molecule has 0 unspecified atom stereocenters. The summed E-state index contributed by atoms with van der Waals surface area (Å²) in [6.07, 6.45) is 39.3. The molecular formula is C32H60O2. The molecule has 200 valence electrons. The van der Waals surface area contributed by atoms with Gasteiger partial charge in [-0.2, -0.15) is 0 Å². The number of carbonyl (C=O) groups excluding carboxylic acids is 1. The summed E-state index contributed by atoms with van der Waals surface area (Å²) in [6, 6.07) is 0. The third-order valence-corrected chi connectivity index (χ3v) is 6.59. The van der Waals surface area contributed by atoms with Gasteiger partial charge < -0.3 is 4.74 Å². The first kappa shape index (κ1) is 33.0. The molecule has 0 rings (SSSR count). The second kappa shape index (κ2) is 30.0. The molecule has 0 aromatic rings. The predicted octanol–water partition coefficient (Wildman–Crippen LogP) is 11.0. The number of hydrogen-bond donors (Lipinski definition) is 0. The van der Waals surface area contributed by atoms with Crippen molar-refractivity contribution in [2.45, 2.75) is 168 Å². The van der Waals surface area contributed by atoms with Gasteiger partial charge >= 0.3 is 5.97 Å². The van der Waals surface area contributed by atoms with Gasteiger partial charge in [0.15, 0.2) is 0 Å². The number of unbranched alkanes of at least 4 members (excludes halogenated alkanes) is 19. The summed E-state index contributed by atoms with van der Waals surface area (Å²) in [7, 11) is 0. The quantitative estimate of drug-likeness (QED) is 0.0669. The van der Waals surface area contributed by atoms with Gasteiger partial charge in [-0.05, 0) is 44.9 Å². The molecular weight excluding hydrogens is 416 g/mol. The van der Waals surface area contributed by atoms with E-state index >= 15 is 0 Å². The normalized spacial score (nSPS) is 11.7. The zero-order chi connectivity index (χ0) is 24.8. The Morgan fingerprint density at radius 3 is 1.47 bits per heavy atom. The molecule has 0 aliphatic rings. The van der Waals surface area contributed by atoms with E-state index in [9.17, 15) is 4.79 Å². The lowest BCUT2D eigenvalue weighted by atomic mass is 10.1. The Morgan fingerprint density at radius 2 is 0.912 bits per heavy atom. The molecule has 0 aliphatic heterocycles. The van der Waals surface area contributed by atoms with Crippen LogP contribution >= 0.6 is 0 Å². The summed E-state index contributed by atoms with van der Waals surface area (Å²) in [5, 5.41) is 0. The van der Waals surface area contributed by atoms with Gasteiger partial charge in [-0.3, -0.25) is 4.79 Å². The van der Waals surface area contributed by atoms with E-state index < -0.39 is 0 Å². The van der Waals surface area contributed by atoms with Crippen molar-refractivity contribution in [3.05, 3.63) is 24.3 Å². The monoisotopic (exact) mass is 476 g/mol. The number of allylic oxidation sites excluding steroid dienone is 4. The molecule has 0 N–H and O–H groups in total. The Labute approximate surface area is 214 Å². The van der Waals surface area contributed by atoms with E-state index in [1.807, 2.05) is 0 Å². The highest BCUT2D eigenvalue weighted by Crippen LogP contribution is 2.12. The Morgan fingerprint density at radius 1 is 0.500 bits per heavy atom. The van der Waals surface area contributed by atoms with E-state index in [-0.39, 0.29) is 5.97 Å². The number of ether oxygens (including phenoxy) is 1. The maximum absolute atomic E-state index is 11.8. The highest BCUT2D eigenvalue weighted by atomic mass is 16.5. The van der Waals surface area contributed by atoms with Crippen LogP contribution in [0.25, 0.3) is 0 Å². The van der Waals surface area contributed by atoms with E-state index in [4.69, 9.17) is 4.74 Å². The Hall–Kier alpha value is -1.05. The van der Waals surface area contributed by atoms with Gasteiger partial charge in [-0.15, -0.1) is 0 Å². The molecule has 0 radical (unpaired) electrons. The van der Waals surface area contributed by atoms with Gasteiger partial charge in [-0.1, -0.05) is 141 Å². The number of esters is 1. The summed E-state index contributed by atoms with van der Waals surface area (Å²) in [4.78, 5) is 11.8. The molecule has 0 heterocycles. The molecule has 0 aromatic carbocycles. The highest BCUT2D eigenvalue weighted by molar-refractivity contribution is 5.69. The van der Waals surface area contributed by atoms with Gasteiger partial charge in [0.1, 0.15) is 0 Å². The lowest BCUT2D eigenvalue weighted by Gasteiger charge is -2.05. The SMILES string of the molecule is CCCCC/C=C\C/C=C\CCCCCCCCOC(=O)CCCCCCCCCCCCC. The average molecular weight is 477 g/mol. The third kappa shape index (κ3) is 29.0. The van der Waals surface area contributed by atoms with Gasteiger partial charge in [0.05, 0.1) is 6.61 Å². The van der Waals surface area contributed by atoms with Crippen molar-refractivity contribution in [2.75, 3.05) is 6.61 Å². The zero-order valence-corrected chi connectivity index (χ0v) is 23.3. The molecule has 0 aliphatic carbocycles. The van der Waals surface area contributed by atoms with Crippen molar-refractivity contribution in [3.63, 3.8) is 0 Å². The van der Waals surface area contributed by atoms with Gasteiger partial charge in [0.2, 0.25) is 0 Å². The second-order valence-electron chi connectivity index (χ2n) is 10.1. The molecule has 0 saturated carbocycles. The van der Waals surface area contributed by atoms with E-state index in [1.165, 1.54) is 128 Å². The van der Waals surface area contributed by atoms with Crippen LogP contribution < -0.4 is 0 Å². The van der Waals surface area contributed by atoms with E-state index in [0.717, 1.165) is 19.3 Å². The van der Waals surface area contributed by atoms with Crippen LogP contribution in [-0.4, -0.2) is 12.6 Å². The van der Waals surface area contributed by atoms with Crippen LogP contribution in [0.1, 0.15) is 168 Å².